The molecule has 1 heterocycles. The molecule has 0 aliphatic carbocycles. The van der Waals surface area contributed by atoms with Crippen molar-refractivity contribution >= 4 is 12.4 Å². The van der Waals surface area contributed by atoms with E-state index in [0.29, 0.717) is 19.2 Å². The molecule has 24 heavy (non-hydrogen) atoms. The molecule has 1 aliphatic rings. The molecule has 1 aromatic rings. The van der Waals surface area contributed by atoms with Crippen LogP contribution in [0.5, 0.6) is 11.5 Å². The van der Waals surface area contributed by atoms with E-state index in [2.05, 4.69) is 10.1 Å². The van der Waals surface area contributed by atoms with E-state index in [1.165, 1.54) is 0 Å². The van der Waals surface area contributed by atoms with Gasteiger partial charge in [-0.25, -0.2) is 0 Å². The molecule has 0 saturated carbocycles. The molecule has 0 aromatic heterocycles. The molecular weight excluding hydrogens is 366 g/mol. The van der Waals surface area contributed by atoms with E-state index in [1.54, 1.807) is 0 Å². The third-order valence-corrected chi connectivity index (χ3v) is 3.35. The first-order valence-corrected chi connectivity index (χ1v) is 6.68. The highest BCUT2D eigenvalue weighted by atomic mass is 35.5. The molecular formula is C13H15ClF6N2O2. The molecule has 2 N–H and O–H groups in total. The molecule has 138 valence electrons. The number of alkyl halides is 6. The van der Waals surface area contributed by atoms with Gasteiger partial charge in [0.1, 0.15) is 17.5 Å². The average Bonchev–Trinajstić information content (AvgIpc) is 2.41. The van der Waals surface area contributed by atoms with E-state index in [-0.39, 0.29) is 25.5 Å². The zero-order valence-corrected chi connectivity index (χ0v) is 12.9. The van der Waals surface area contributed by atoms with Crippen molar-refractivity contribution < 1.29 is 36.2 Å². The number of piperazine rings is 1. The molecule has 1 aromatic carbocycles. The van der Waals surface area contributed by atoms with Crippen LogP contribution in [0.4, 0.5) is 26.3 Å². The fraction of sp³-hybridized carbons (Fsp3) is 0.538. The first kappa shape index (κ1) is 20.7. The predicted octanol–water partition coefficient (Wildman–Crippen LogP) is 3.22. The lowest BCUT2D eigenvalue weighted by molar-refractivity contribution is -0.274. The quantitative estimate of drug-likeness (QED) is 0.790. The maximum Gasteiger partial charge on any atom is 0.573 e. The molecule has 0 amide bonds. The number of hydrogen-bond acceptors (Lipinski definition) is 4. The molecule has 0 spiro atoms. The van der Waals surface area contributed by atoms with Crippen molar-refractivity contribution in [3.05, 3.63) is 23.8 Å². The first-order valence-electron chi connectivity index (χ1n) is 6.68. The summed E-state index contributed by atoms with van der Waals surface area (Å²) in [6.07, 6.45) is -9.79. The molecule has 1 saturated heterocycles. The predicted molar refractivity (Wildman–Crippen MR) is 75.3 cm³/mol. The Morgan fingerprint density at radius 3 is 2.17 bits per heavy atom. The molecule has 1 aliphatic heterocycles. The lowest BCUT2D eigenvalue weighted by Gasteiger charge is -2.36. The van der Waals surface area contributed by atoms with Crippen LogP contribution >= 0.6 is 12.4 Å². The van der Waals surface area contributed by atoms with E-state index in [1.807, 2.05) is 0 Å². The number of nitrogens with zero attached hydrogens (tertiary/aromatic N) is 1. The molecule has 2 rings (SSSR count). The number of phenols is 1. The maximum absolute atomic E-state index is 13.4. The van der Waals surface area contributed by atoms with Crippen LogP contribution in [0, 0.1) is 0 Å². The van der Waals surface area contributed by atoms with Crippen molar-refractivity contribution in [1.82, 2.24) is 10.2 Å². The van der Waals surface area contributed by atoms with E-state index >= 15 is 0 Å². The highest BCUT2D eigenvalue weighted by Crippen LogP contribution is 2.43. The van der Waals surface area contributed by atoms with Gasteiger partial charge in [-0.3, -0.25) is 4.90 Å². The Bertz CT molecular complexity index is 546. The fourth-order valence-corrected chi connectivity index (χ4v) is 2.47. The normalized spacial score (nSPS) is 17.9. The largest absolute Gasteiger partial charge is 0.573 e. The van der Waals surface area contributed by atoms with Crippen molar-refractivity contribution in [2.24, 2.45) is 0 Å². The number of benzene rings is 1. The van der Waals surface area contributed by atoms with Gasteiger partial charge in [0.2, 0.25) is 0 Å². The lowest BCUT2D eigenvalue weighted by Crippen LogP contribution is -2.49. The number of phenolic OH excluding ortho intramolecular Hbond substituents is 1. The Balaban J connectivity index is 0.00000288. The molecule has 11 heteroatoms. The van der Waals surface area contributed by atoms with Gasteiger partial charge in [0, 0.05) is 31.7 Å². The third kappa shape index (κ3) is 5.32. The minimum absolute atomic E-state index is 0. The summed E-state index contributed by atoms with van der Waals surface area (Å²) in [5.74, 6) is -1.55. The summed E-state index contributed by atoms with van der Waals surface area (Å²) in [6, 6.07) is -0.112. The Labute approximate surface area is 139 Å². The fourth-order valence-electron chi connectivity index (χ4n) is 2.47. The second-order valence-corrected chi connectivity index (χ2v) is 5.00. The van der Waals surface area contributed by atoms with E-state index in [0.717, 1.165) is 17.0 Å². The number of ether oxygens (including phenoxy) is 1. The number of rotatable bonds is 3. The van der Waals surface area contributed by atoms with Crippen LogP contribution in [0.1, 0.15) is 11.6 Å². The second-order valence-electron chi connectivity index (χ2n) is 5.00. The average molecular weight is 381 g/mol. The number of aromatic hydroxyl groups is 1. The summed E-state index contributed by atoms with van der Waals surface area (Å²) in [5.41, 5.74) is -0.666. The Morgan fingerprint density at radius 1 is 1.08 bits per heavy atom. The van der Waals surface area contributed by atoms with E-state index in [9.17, 15) is 31.4 Å². The van der Waals surface area contributed by atoms with Crippen LogP contribution in [-0.2, 0) is 0 Å². The molecule has 0 radical (unpaired) electrons. The monoisotopic (exact) mass is 380 g/mol. The maximum atomic E-state index is 13.4. The van der Waals surface area contributed by atoms with Gasteiger partial charge in [0.15, 0.2) is 0 Å². The molecule has 0 unspecified atom stereocenters. The number of hydrogen-bond donors (Lipinski definition) is 2. The van der Waals surface area contributed by atoms with Crippen LogP contribution in [0.25, 0.3) is 0 Å². The first-order chi connectivity index (χ1) is 10.6. The summed E-state index contributed by atoms with van der Waals surface area (Å²) in [5, 5.41) is 12.6. The summed E-state index contributed by atoms with van der Waals surface area (Å²) >= 11 is 0. The van der Waals surface area contributed by atoms with Crippen molar-refractivity contribution in [2.45, 2.75) is 18.6 Å². The summed E-state index contributed by atoms with van der Waals surface area (Å²) in [4.78, 5) is 1.06. The Hall–Kier alpha value is -1.39. The summed E-state index contributed by atoms with van der Waals surface area (Å²) in [7, 11) is 0. The highest BCUT2D eigenvalue weighted by Gasteiger charge is 2.46. The lowest BCUT2D eigenvalue weighted by atomic mass is 10.0. The smallest absolute Gasteiger partial charge is 0.508 e. The Kier molecular flexibility index (Phi) is 6.59. The SMILES string of the molecule is Cl.Oc1ccc(OC(F)(F)F)cc1[C@@H](N1CCNCC1)C(F)(F)F. The zero-order valence-electron chi connectivity index (χ0n) is 12.1. The van der Waals surface area contributed by atoms with Gasteiger partial charge in [-0.05, 0) is 18.2 Å². The molecule has 4 nitrogen and oxygen atoms in total. The van der Waals surface area contributed by atoms with Crippen LogP contribution < -0.4 is 10.1 Å². The van der Waals surface area contributed by atoms with Crippen molar-refractivity contribution in [1.29, 1.82) is 0 Å². The summed E-state index contributed by atoms with van der Waals surface area (Å²) < 4.78 is 80.6. The third-order valence-electron chi connectivity index (χ3n) is 3.35. The molecule has 1 atom stereocenters. The van der Waals surface area contributed by atoms with Gasteiger partial charge in [-0.1, -0.05) is 0 Å². The number of nitrogens with one attached hydrogen (secondary N) is 1. The number of halogens is 7. The van der Waals surface area contributed by atoms with E-state index < -0.39 is 35.6 Å². The van der Waals surface area contributed by atoms with Gasteiger partial charge in [0.25, 0.3) is 0 Å². The molecule has 0 bridgehead atoms. The molecule has 1 fully saturated rings. The van der Waals surface area contributed by atoms with Crippen LogP contribution in [-0.4, -0.2) is 48.7 Å². The summed E-state index contributed by atoms with van der Waals surface area (Å²) in [6.45, 7) is 0.722. The van der Waals surface area contributed by atoms with E-state index in [4.69, 9.17) is 0 Å². The van der Waals surface area contributed by atoms with Crippen LogP contribution in [0.15, 0.2) is 18.2 Å². The van der Waals surface area contributed by atoms with Gasteiger partial charge in [-0.2, -0.15) is 13.2 Å². The standard InChI is InChI=1S/C13H14F6N2O2.ClH/c14-12(15,16)11(21-5-3-20-4-6-21)9-7-8(1-2-10(9)22)23-13(17,18)19;/h1-2,7,11,20,22H,3-6H2;1H/t11-;/m1./s1. The van der Waals surface area contributed by atoms with Gasteiger partial charge < -0.3 is 15.2 Å². The van der Waals surface area contributed by atoms with Crippen LogP contribution in [0.3, 0.4) is 0 Å². The van der Waals surface area contributed by atoms with Crippen LogP contribution in [0.2, 0.25) is 0 Å². The minimum Gasteiger partial charge on any atom is -0.508 e. The minimum atomic E-state index is -5.03. The van der Waals surface area contributed by atoms with Crippen molar-refractivity contribution in [2.75, 3.05) is 26.2 Å². The Morgan fingerprint density at radius 2 is 1.67 bits per heavy atom. The topological polar surface area (TPSA) is 44.7 Å². The zero-order chi connectivity index (χ0) is 17.3. The highest BCUT2D eigenvalue weighted by molar-refractivity contribution is 5.85. The van der Waals surface area contributed by atoms with Gasteiger partial charge in [-0.15, -0.1) is 25.6 Å². The van der Waals surface area contributed by atoms with Crippen molar-refractivity contribution in [3.8, 4) is 11.5 Å². The second kappa shape index (κ2) is 7.66. The van der Waals surface area contributed by atoms with Crippen molar-refractivity contribution in [3.63, 3.8) is 0 Å². The van der Waals surface area contributed by atoms with Gasteiger partial charge >= 0.3 is 12.5 Å². The van der Waals surface area contributed by atoms with Gasteiger partial charge in [0.05, 0.1) is 0 Å².